The van der Waals surface area contributed by atoms with Gasteiger partial charge in [0.2, 0.25) is 0 Å². The van der Waals surface area contributed by atoms with Crippen LogP contribution in [0.2, 0.25) is 0 Å². The summed E-state index contributed by atoms with van der Waals surface area (Å²) < 4.78 is 1.12. The van der Waals surface area contributed by atoms with Crippen LogP contribution in [0.5, 0.6) is 0 Å². The Hall–Kier alpha value is -0.430. The summed E-state index contributed by atoms with van der Waals surface area (Å²) in [4.78, 5) is 13.1. The summed E-state index contributed by atoms with van der Waals surface area (Å²) in [5.41, 5.74) is 0. The van der Waals surface area contributed by atoms with Gasteiger partial charge in [-0.25, -0.2) is 9.97 Å². The van der Waals surface area contributed by atoms with Crippen molar-refractivity contribution in [1.29, 1.82) is 0 Å². The van der Waals surface area contributed by atoms with Crippen LogP contribution in [0.4, 0.5) is 5.82 Å². The summed E-state index contributed by atoms with van der Waals surface area (Å²) in [6.07, 6.45) is 6.01. The first-order valence-electron chi connectivity index (χ1n) is 5.55. The SMILES string of the molecule is CN1CCCC(N(C)c2ncncc2I)C1. The molecular formula is C11H17IN4. The van der Waals surface area contributed by atoms with Crippen LogP contribution in [-0.2, 0) is 0 Å². The first-order chi connectivity index (χ1) is 7.68. The lowest BCUT2D eigenvalue weighted by Crippen LogP contribution is -2.45. The largest absolute Gasteiger partial charge is 0.354 e. The van der Waals surface area contributed by atoms with Gasteiger partial charge in [-0.2, -0.15) is 0 Å². The van der Waals surface area contributed by atoms with E-state index in [1.807, 2.05) is 6.20 Å². The van der Waals surface area contributed by atoms with Crippen molar-refractivity contribution >= 4 is 28.4 Å². The first kappa shape index (κ1) is 12.0. The van der Waals surface area contributed by atoms with Crippen LogP contribution in [-0.4, -0.2) is 48.1 Å². The lowest BCUT2D eigenvalue weighted by molar-refractivity contribution is 0.247. The van der Waals surface area contributed by atoms with E-state index in [9.17, 15) is 0 Å². The molecule has 1 aliphatic heterocycles. The average Bonchev–Trinajstić information content (AvgIpc) is 2.29. The number of hydrogen-bond donors (Lipinski definition) is 0. The van der Waals surface area contributed by atoms with E-state index in [1.165, 1.54) is 19.4 Å². The molecule has 0 aromatic carbocycles. The first-order valence-corrected chi connectivity index (χ1v) is 6.63. The highest BCUT2D eigenvalue weighted by molar-refractivity contribution is 14.1. The Kier molecular flexibility index (Phi) is 3.96. The minimum Gasteiger partial charge on any atom is -0.354 e. The van der Waals surface area contributed by atoms with Gasteiger partial charge in [0.15, 0.2) is 0 Å². The van der Waals surface area contributed by atoms with Gasteiger partial charge < -0.3 is 9.80 Å². The third-order valence-electron chi connectivity index (χ3n) is 3.13. The number of piperidine rings is 1. The fourth-order valence-electron chi connectivity index (χ4n) is 2.19. The van der Waals surface area contributed by atoms with Crippen molar-refractivity contribution in [2.24, 2.45) is 0 Å². The molecule has 5 heteroatoms. The van der Waals surface area contributed by atoms with Crippen molar-refractivity contribution in [1.82, 2.24) is 14.9 Å². The fraction of sp³-hybridized carbons (Fsp3) is 0.636. The molecule has 4 nitrogen and oxygen atoms in total. The van der Waals surface area contributed by atoms with E-state index < -0.39 is 0 Å². The van der Waals surface area contributed by atoms with Crippen molar-refractivity contribution < 1.29 is 0 Å². The maximum absolute atomic E-state index is 4.37. The molecule has 1 aromatic rings. The number of anilines is 1. The van der Waals surface area contributed by atoms with Gasteiger partial charge in [-0.1, -0.05) is 0 Å². The zero-order valence-corrected chi connectivity index (χ0v) is 11.9. The molecule has 1 saturated heterocycles. The highest BCUT2D eigenvalue weighted by Crippen LogP contribution is 2.22. The van der Waals surface area contributed by atoms with Crippen molar-refractivity contribution in [3.05, 3.63) is 16.1 Å². The molecule has 0 saturated carbocycles. The number of likely N-dealkylation sites (tertiary alicyclic amines) is 1. The molecule has 0 amide bonds. The predicted octanol–water partition coefficient (Wildman–Crippen LogP) is 1.61. The van der Waals surface area contributed by atoms with Gasteiger partial charge in [0.25, 0.3) is 0 Å². The molecule has 2 rings (SSSR count). The molecule has 1 atom stereocenters. The molecule has 88 valence electrons. The van der Waals surface area contributed by atoms with Gasteiger partial charge in [-0.05, 0) is 49.0 Å². The quantitative estimate of drug-likeness (QED) is 0.771. The molecular weight excluding hydrogens is 315 g/mol. The van der Waals surface area contributed by atoms with Crippen molar-refractivity contribution in [3.63, 3.8) is 0 Å². The van der Waals surface area contributed by atoms with E-state index >= 15 is 0 Å². The molecule has 2 heterocycles. The third kappa shape index (κ3) is 2.63. The maximum Gasteiger partial charge on any atom is 0.145 e. The Morgan fingerprint density at radius 1 is 1.56 bits per heavy atom. The summed E-state index contributed by atoms with van der Waals surface area (Å²) in [7, 11) is 4.32. The second-order valence-electron chi connectivity index (χ2n) is 4.36. The number of aromatic nitrogens is 2. The summed E-state index contributed by atoms with van der Waals surface area (Å²) in [6.45, 7) is 2.34. The monoisotopic (exact) mass is 332 g/mol. The van der Waals surface area contributed by atoms with E-state index in [0.717, 1.165) is 15.9 Å². The lowest BCUT2D eigenvalue weighted by Gasteiger charge is -2.36. The minimum atomic E-state index is 0.571. The minimum absolute atomic E-state index is 0.571. The smallest absolute Gasteiger partial charge is 0.145 e. The van der Waals surface area contributed by atoms with E-state index in [0.29, 0.717) is 6.04 Å². The fourth-order valence-corrected chi connectivity index (χ4v) is 2.87. The van der Waals surface area contributed by atoms with Crippen LogP contribution in [0.1, 0.15) is 12.8 Å². The Labute approximate surface area is 110 Å². The van der Waals surface area contributed by atoms with Gasteiger partial charge in [0.1, 0.15) is 12.1 Å². The average molecular weight is 332 g/mol. The molecule has 0 bridgehead atoms. The topological polar surface area (TPSA) is 32.3 Å². The molecule has 1 aliphatic rings. The van der Waals surface area contributed by atoms with Gasteiger partial charge in [0, 0.05) is 25.8 Å². The lowest BCUT2D eigenvalue weighted by atomic mass is 10.1. The third-order valence-corrected chi connectivity index (χ3v) is 3.89. The number of rotatable bonds is 2. The Balaban J connectivity index is 2.12. The maximum atomic E-state index is 4.37. The Morgan fingerprint density at radius 2 is 2.38 bits per heavy atom. The zero-order valence-electron chi connectivity index (χ0n) is 9.73. The van der Waals surface area contributed by atoms with E-state index in [4.69, 9.17) is 0 Å². The van der Waals surface area contributed by atoms with Crippen molar-refractivity contribution in [2.75, 3.05) is 32.1 Å². The number of halogens is 1. The Morgan fingerprint density at radius 3 is 3.06 bits per heavy atom. The van der Waals surface area contributed by atoms with Gasteiger partial charge >= 0.3 is 0 Å². The van der Waals surface area contributed by atoms with Crippen LogP contribution in [0.3, 0.4) is 0 Å². The molecule has 0 N–H and O–H groups in total. The molecule has 0 spiro atoms. The van der Waals surface area contributed by atoms with Gasteiger partial charge in [-0.15, -0.1) is 0 Å². The summed E-state index contributed by atoms with van der Waals surface area (Å²) >= 11 is 2.30. The summed E-state index contributed by atoms with van der Waals surface area (Å²) in [5, 5.41) is 0. The predicted molar refractivity (Wildman–Crippen MR) is 73.7 cm³/mol. The van der Waals surface area contributed by atoms with Crippen LogP contribution >= 0.6 is 22.6 Å². The number of nitrogens with zero attached hydrogens (tertiary/aromatic N) is 4. The zero-order chi connectivity index (χ0) is 11.5. The van der Waals surface area contributed by atoms with Gasteiger partial charge in [0.05, 0.1) is 3.57 Å². The van der Waals surface area contributed by atoms with Crippen molar-refractivity contribution in [2.45, 2.75) is 18.9 Å². The van der Waals surface area contributed by atoms with Crippen LogP contribution in [0, 0.1) is 3.57 Å². The summed E-state index contributed by atoms with van der Waals surface area (Å²) in [5.74, 6) is 1.05. The Bertz CT molecular complexity index is 358. The molecule has 0 radical (unpaired) electrons. The van der Waals surface area contributed by atoms with Crippen LogP contribution < -0.4 is 4.90 Å². The van der Waals surface area contributed by atoms with E-state index in [1.54, 1.807) is 6.33 Å². The highest BCUT2D eigenvalue weighted by atomic mass is 127. The standard InChI is InChI=1S/C11H17IN4/c1-15-5-3-4-9(7-15)16(2)11-10(12)6-13-8-14-11/h6,8-9H,3-5,7H2,1-2H3. The molecule has 16 heavy (non-hydrogen) atoms. The molecule has 0 aliphatic carbocycles. The van der Waals surface area contributed by atoms with Gasteiger partial charge in [-0.3, -0.25) is 0 Å². The van der Waals surface area contributed by atoms with Crippen LogP contribution in [0.25, 0.3) is 0 Å². The molecule has 1 unspecified atom stereocenters. The molecule has 1 aromatic heterocycles. The number of hydrogen-bond acceptors (Lipinski definition) is 4. The normalized spacial score (nSPS) is 22.1. The van der Waals surface area contributed by atoms with Crippen molar-refractivity contribution in [3.8, 4) is 0 Å². The van der Waals surface area contributed by atoms with E-state index in [-0.39, 0.29) is 0 Å². The number of likely N-dealkylation sites (N-methyl/N-ethyl adjacent to an activating group) is 2. The second kappa shape index (κ2) is 5.27. The summed E-state index contributed by atoms with van der Waals surface area (Å²) in [6, 6.07) is 0.571. The van der Waals surface area contributed by atoms with E-state index in [2.05, 4.69) is 56.5 Å². The second-order valence-corrected chi connectivity index (χ2v) is 5.53. The molecule has 1 fully saturated rings. The highest BCUT2D eigenvalue weighted by Gasteiger charge is 2.22. The van der Waals surface area contributed by atoms with Crippen LogP contribution in [0.15, 0.2) is 12.5 Å².